The van der Waals surface area contributed by atoms with E-state index in [9.17, 15) is 0 Å². The van der Waals surface area contributed by atoms with Crippen molar-refractivity contribution in [3.63, 3.8) is 0 Å². The Hall–Kier alpha value is -2.77. The van der Waals surface area contributed by atoms with Gasteiger partial charge in [0.1, 0.15) is 11.4 Å². The second-order valence-corrected chi connectivity index (χ2v) is 8.24. The lowest BCUT2D eigenvalue weighted by Gasteiger charge is -2.44. The minimum Gasteiger partial charge on any atom is -0.370 e. The van der Waals surface area contributed by atoms with Crippen LogP contribution in [-0.4, -0.2) is 41.0 Å². The standard InChI is InChI=1S/C21H25ClN8/c22-17-7-5-6-16(12-17)13-30(24)20-21(27-19-9-2-1-8-18(19)26-20)10-3-4-11-29(14-21)15-25-28-23/h1-2,5-9,12,27H,3-4,10-11,13-15,24H2. The molecule has 0 aromatic heterocycles. The predicted molar refractivity (Wildman–Crippen MR) is 121 cm³/mol. The van der Waals surface area contributed by atoms with Crippen LogP contribution >= 0.6 is 11.6 Å². The Morgan fingerprint density at radius 2 is 2.13 bits per heavy atom. The Kier molecular flexibility index (Phi) is 6.11. The third-order valence-electron chi connectivity index (χ3n) is 5.59. The molecule has 1 saturated heterocycles. The Morgan fingerprint density at radius 3 is 2.97 bits per heavy atom. The lowest BCUT2D eigenvalue weighted by atomic mass is 9.88. The normalized spacial score (nSPS) is 21.1. The van der Waals surface area contributed by atoms with Gasteiger partial charge in [0.25, 0.3) is 0 Å². The van der Waals surface area contributed by atoms with E-state index in [1.54, 1.807) is 5.01 Å². The first-order valence-electron chi connectivity index (χ1n) is 10.1. The predicted octanol–water partition coefficient (Wildman–Crippen LogP) is 4.66. The van der Waals surface area contributed by atoms with Gasteiger partial charge in [0, 0.05) is 16.5 Å². The number of fused-ring (bicyclic) bond motifs is 1. The summed E-state index contributed by atoms with van der Waals surface area (Å²) in [5, 5.41) is 9.91. The molecule has 2 heterocycles. The lowest BCUT2D eigenvalue weighted by Crippen LogP contribution is -2.61. The van der Waals surface area contributed by atoms with Gasteiger partial charge in [0.2, 0.25) is 0 Å². The number of anilines is 1. The molecular weight excluding hydrogens is 400 g/mol. The van der Waals surface area contributed by atoms with Crippen LogP contribution < -0.4 is 11.2 Å². The molecule has 2 aromatic rings. The topological polar surface area (TPSA) is 106 Å². The smallest absolute Gasteiger partial charge is 0.146 e. The molecule has 2 aliphatic heterocycles. The number of aliphatic imine (C=N–C) groups is 1. The highest BCUT2D eigenvalue weighted by atomic mass is 35.5. The van der Waals surface area contributed by atoms with E-state index in [4.69, 9.17) is 28.0 Å². The first kappa shape index (κ1) is 20.5. The monoisotopic (exact) mass is 424 g/mol. The third-order valence-corrected chi connectivity index (χ3v) is 5.83. The number of hydrazine groups is 1. The summed E-state index contributed by atoms with van der Waals surface area (Å²) in [7, 11) is 0. The number of rotatable bonds is 4. The summed E-state index contributed by atoms with van der Waals surface area (Å²) in [6.07, 6.45) is 2.93. The number of hydrogen-bond acceptors (Lipinski definition) is 6. The minimum atomic E-state index is -0.469. The molecule has 2 aromatic carbocycles. The van der Waals surface area contributed by atoms with Gasteiger partial charge in [0.05, 0.1) is 24.6 Å². The Balaban J connectivity index is 1.70. The van der Waals surface area contributed by atoms with Gasteiger partial charge in [-0.25, -0.2) is 10.8 Å². The highest BCUT2D eigenvalue weighted by Gasteiger charge is 2.43. The molecule has 0 saturated carbocycles. The SMILES string of the molecule is [N-]=[N+]=NCN1CCCCC2(C1)Nc1ccccc1N=C2N(N)Cc1cccc(Cl)c1. The number of nitrogens with two attached hydrogens (primary N) is 1. The van der Waals surface area contributed by atoms with Crippen molar-refractivity contribution >= 4 is 28.8 Å². The van der Waals surface area contributed by atoms with Crippen LogP contribution in [0.2, 0.25) is 5.02 Å². The summed E-state index contributed by atoms with van der Waals surface area (Å²) < 4.78 is 0. The van der Waals surface area contributed by atoms with E-state index in [2.05, 4.69) is 20.2 Å². The van der Waals surface area contributed by atoms with E-state index in [1.807, 2.05) is 48.5 Å². The van der Waals surface area contributed by atoms with Crippen molar-refractivity contribution in [1.29, 1.82) is 0 Å². The summed E-state index contributed by atoms with van der Waals surface area (Å²) in [5.74, 6) is 7.39. The zero-order valence-corrected chi connectivity index (χ0v) is 17.5. The fourth-order valence-corrected chi connectivity index (χ4v) is 4.50. The van der Waals surface area contributed by atoms with Gasteiger partial charge < -0.3 is 5.32 Å². The number of nitrogens with zero attached hydrogens (tertiary/aromatic N) is 6. The van der Waals surface area contributed by atoms with Gasteiger partial charge in [-0.15, -0.1) is 0 Å². The van der Waals surface area contributed by atoms with Gasteiger partial charge in [0.15, 0.2) is 0 Å². The average molecular weight is 425 g/mol. The Bertz CT molecular complexity index is 986. The molecule has 8 nitrogen and oxygen atoms in total. The van der Waals surface area contributed by atoms with Gasteiger partial charge in [-0.2, -0.15) is 0 Å². The number of nitrogens with one attached hydrogen (secondary N) is 1. The number of hydrogen-bond donors (Lipinski definition) is 2. The molecule has 4 rings (SSSR count). The zero-order chi connectivity index (χ0) is 21.0. The van der Waals surface area contributed by atoms with Crippen molar-refractivity contribution in [2.24, 2.45) is 15.9 Å². The highest BCUT2D eigenvalue weighted by molar-refractivity contribution is 6.30. The number of halogens is 1. The van der Waals surface area contributed by atoms with Crippen LogP contribution in [0.5, 0.6) is 0 Å². The third kappa shape index (κ3) is 4.37. The second-order valence-electron chi connectivity index (χ2n) is 7.80. The zero-order valence-electron chi connectivity index (χ0n) is 16.7. The molecule has 0 radical (unpaired) electrons. The fraction of sp³-hybridized carbons (Fsp3) is 0.381. The van der Waals surface area contributed by atoms with Crippen molar-refractivity contribution in [1.82, 2.24) is 9.91 Å². The van der Waals surface area contributed by atoms with Crippen LogP contribution in [0.3, 0.4) is 0 Å². The molecule has 3 N–H and O–H groups in total. The first-order chi connectivity index (χ1) is 14.6. The molecule has 0 bridgehead atoms. The molecule has 9 heteroatoms. The van der Waals surface area contributed by atoms with E-state index >= 15 is 0 Å². The van der Waals surface area contributed by atoms with E-state index < -0.39 is 5.54 Å². The van der Waals surface area contributed by atoms with E-state index in [0.717, 1.165) is 48.6 Å². The molecule has 1 atom stereocenters. The summed E-state index contributed by atoms with van der Waals surface area (Å²) in [6, 6.07) is 15.7. The Labute approximate surface area is 180 Å². The van der Waals surface area contributed by atoms with E-state index in [0.29, 0.717) is 24.8 Å². The van der Waals surface area contributed by atoms with Crippen LogP contribution in [0.4, 0.5) is 11.4 Å². The molecule has 0 aliphatic carbocycles. The molecule has 156 valence electrons. The number of likely N-dealkylation sites (tertiary alicyclic amines) is 1. The largest absolute Gasteiger partial charge is 0.370 e. The number of benzene rings is 2. The number of para-hydroxylation sites is 2. The van der Waals surface area contributed by atoms with Crippen molar-refractivity contribution in [3.8, 4) is 0 Å². The van der Waals surface area contributed by atoms with E-state index in [-0.39, 0.29) is 0 Å². The molecule has 1 spiro atoms. The highest BCUT2D eigenvalue weighted by Crippen LogP contribution is 2.38. The molecule has 0 amide bonds. The van der Waals surface area contributed by atoms with Crippen LogP contribution in [0.15, 0.2) is 58.6 Å². The Morgan fingerprint density at radius 1 is 1.27 bits per heavy atom. The van der Waals surface area contributed by atoms with E-state index in [1.165, 1.54) is 0 Å². The van der Waals surface area contributed by atoms with Crippen LogP contribution in [-0.2, 0) is 6.54 Å². The molecular formula is C21H25ClN8. The molecule has 1 fully saturated rings. The van der Waals surface area contributed by atoms with Gasteiger partial charge in [-0.05, 0) is 61.2 Å². The van der Waals surface area contributed by atoms with Crippen LogP contribution in [0, 0.1) is 0 Å². The van der Waals surface area contributed by atoms with Crippen LogP contribution in [0.1, 0.15) is 24.8 Å². The maximum atomic E-state index is 8.78. The second kappa shape index (κ2) is 8.93. The number of azide groups is 1. The maximum absolute atomic E-state index is 8.78. The average Bonchev–Trinajstić information content (AvgIpc) is 2.94. The summed E-state index contributed by atoms with van der Waals surface area (Å²) in [6.45, 7) is 2.34. The van der Waals surface area contributed by atoms with Crippen molar-refractivity contribution in [3.05, 3.63) is 69.6 Å². The first-order valence-corrected chi connectivity index (χ1v) is 10.4. The van der Waals surface area contributed by atoms with Crippen molar-refractivity contribution < 1.29 is 0 Å². The fourth-order valence-electron chi connectivity index (χ4n) is 4.28. The van der Waals surface area contributed by atoms with Crippen molar-refractivity contribution in [2.75, 3.05) is 25.1 Å². The minimum absolute atomic E-state index is 0.327. The summed E-state index contributed by atoms with van der Waals surface area (Å²) in [5.41, 5.74) is 11.2. The summed E-state index contributed by atoms with van der Waals surface area (Å²) in [4.78, 5) is 10.1. The quantitative estimate of drug-likeness (QED) is 0.244. The lowest BCUT2D eigenvalue weighted by molar-refractivity contribution is 0.258. The van der Waals surface area contributed by atoms with Gasteiger partial charge in [-0.3, -0.25) is 9.91 Å². The molecule has 1 unspecified atom stereocenters. The van der Waals surface area contributed by atoms with Crippen LogP contribution in [0.25, 0.3) is 10.4 Å². The van der Waals surface area contributed by atoms with Gasteiger partial charge >= 0.3 is 0 Å². The number of amidine groups is 1. The summed E-state index contributed by atoms with van der Waals surface area (Å²) >= 11 is 6.16. The maximum Gasteiger partial charge on any atom is 0.146 e. The van der Waals surface area contributed by atoms with Crippen molar-refractivity contribution in [2.45, 2.75) is 31.3 Å². The molecule has 2 aliphatic rings. The van der Waals surface area contributed by atoms with Gasteiger partial charge in [-0.1, -0.05) is 41.0 Å². The molecule has 30 heavy (non-hydrogen) atoms.